The van der Waals surface area contributed by atoms with E-state index in [1.54, 1.807) is 17.8 Å². The number of nitrogens with one attached hydrogen (secondary N) is 2. The summed E-state index contributed by atoms with van der Waals surface area (Å²) in [7, 11) is 1.86. The Kier molecular flexibility index (Phi) is 6.44. The lowest BCUT2D eigenvalue weighted by Crippen LogP contribution is -2.27. The van der Waals surface area contributed by atoms with Gasteiger partial charge in [-0.05, 0) is 6.07 Å². The molecule has 0 radical (unpaired) electrons. The van der Waals surface area contributed by atoms with Crippen LogP contribution < -0.4 is 10.6 Å². The van der Waals surface area contributed by atoms with Gasteiger partial charge in [-0.2, -0.15) is 0 Å². The molecule has 0 bridgehead atoms. The fourth-order valence-corrected chi connectivity index (χ4v) is 3.43. The average molecular weight is 404 g/mol. The third-order valence-corrected chi connectivity index (χ3v) is 5.05. The summed E-state index contributed by atoms with van der Waals surface area (Å²) in [5.41, 5.74) is 0.586. The Labute approximate surface area is 162 Å². The van der Waals surface area contributed by atoms with Crippen LogP contribution >= 0.6 is 23.1 Å². The third kappa shape index (κ3) is 5.56. The van der Waals surface area contributed by atoms with Gasteiger partial charge in [-0.15, -0.1) is 21.5 Å². The molecule has 140 valence electrons. The predicted octanol–water partition coefficient (Wildman–Crippen LogP) is 0.765. The Hall–Kier alpha value is -2.86. The van der Waals surface area contributed by atoms with Crippen molar-refractivity contribution in [1.29, 1.82) is 0 Å². The molecular formula is C15H16N8O2S2. The van der Waals surface area contributed by atoms with Crippen LogP contribution in [0.1, 0.15) is 16.3 Å². The van der Waals surface area contributed by atoms with E-state index in [-0.39, 0.29) is 18.2 Å². The van der Waals surface area contributed by atoms with E-state index >= 15 is 0 Å². The van der Waals surface area contributed by atoms with Crippen molar-refractivity contribution in [2.75, 3.05) is 17.6 Å². The van der Waals surface area contributed by atoms with Gasteiger partial charge < -0.3 is 9.88 Å². The number of aryl methyl sites for hydroxylation is 1. The van der Waals surface area contributed by atoms with Crippen molar-refractivity contribution in [1.82, 2.24) is 35.0 Å². The van der Waals surface area contributed by atoms with E-state index in [4.69, 9.17) is 0 Å². The van der Waals surface area contributed by atoms with Gasteiger partial charge in [0.1, 0.15) is 6.33 Å². The molecule has 0 fully saturated rings. The maximum atomic E-state index is 12.0. The smallest absolute Gasteiger partial charge is 0.295 e. The lowest BCUT2D eigenvalue weighted by atomic mass is 10.3. The zero-order chi connectivity index (χ0) is 19.1. The summed E-state index contributed by atoms with van der Waals surface area (Å²) in [6.45, 7) is 0.509. The Balaban J connectivity index is 1.41. The van der Waals surface area contributed by atoms with Gasteiger partial charge in [0.15, 0.2) is 10.3 Å². The molecule has 0 aliphatic rings. The summed E-state index contributed by atoms with van der Waals surface area (Å²) in [4.78, 5) is 36.0. The van der Waals surface area contributed by atoms with Crippen molar-refractivity contribution in [3.8, 4) is 0 Å². The maximum absolute atomic E-state index is 12.0. The fraction of sp³-hybridized carbons (Fsp3) is 0.267. The monoisotopic (exact) mass is 404 g/mol. The Bertz CT molecular complexity index is 911. The number of hydrogen-bond donors (Lipinski definition) is 2. The van der Waals surface area contributed by atoms with Crippen LogP contribution in [0.4, 0.5) is 5.13 Å². The van der Waals surface area contributed by atoms with E-state index in [0.29, 0.717) is 23.1 Å². The zero-order valence-electron chi connectivity index (χ0n) is 14.3. The Morgan fingerprint density at radius 2 is 2.11 bits per heavy atom. The van der Waals surface area contributed by atoms with Crippen molar-refractivity contribution in [3.63, 3.8) is 0 Å². The van der Waals surface area contributed by atoms with Crippen LogP contribution in [0.25, 0.3) is 0 Å². The summed E-state index contributed by atoms with van der Waals surface area (Å²) in [6.07, 6.45) is 4.75. The molecule has 0 aromatic carbocycles. The number of amides is 2. The van der Waals surface area contributed by atoms with E-state index in [1.807, 2.05) is 11.6 Å². The van der Waals surface area contributed by atoms with Crippen LogP contribution in [-0.2, 0) is 18.3 Å². The zero-order valence-corrected chi connectivity index (χ0v) is 16.0. The summed E-state index contributed by atoms with van der Waals surface area (Å²) in [5.74, 6) is 0.172. The van der Waals surface area contributed by atoms with Gasteiger partial charge in [-0.25, -0.2) is 15.0 Å². The van der Waals surface area contributed by atoms with Crippen molar-refractivity contribution >= 4 is 40.0 Å². The largest absolute Gasteiger partial charge is 0.355 e. The van der Waals surface area contributed by atoms with E-state index in [1.165, 1.54) is 35.5 Å². The molecule has 0 saturated carbocycles. The Morgan fingerprint density at radius 1 is 1.30 bits per heavy atom. The first-order valence-electron chi connectivity index (χ1n) is 7.88. The van der Waals surface area contributed by atoms with Gasteiger partial charge in [0.2, 0.25) is 11.7 Å². The average Bonchev–Trinajstić information content (AvgIpc) is 3.28. The maximum Gasteiger partial charge on any atom is 0.295 e. The van der Waals surface area contributed by atoms with Gasteiger partial charge in [0.05, 0.1) is 12.1 Å². The first kappa shape index (κ1) is 18.9. The molecule has 3 rings (SSSR count). The quantitative estimate of drug-likeness (QED) is 0.416. The molecule has 10 nitrogen and oxygen atoms in total. The molecular weight excluding hydrogens is 388 g/mol. The number of thiazole rings is 1. The molecule has 3 heterocycles. The SMILES string of the molecule is Cn1cnnc1SCCNC(=O)Cc1csc(NC(=O)c2ncccn2)n1. The molecule has 2 amide bonds. The van der Waals surface area contributed by atoms with E-state index in [2.05, 4.69) is 35.8 Å². The number of nitrogens with zero attached hydrogens (tertiary/aromatic N) is 6. The summed E-state index contributed by atoms with van der Waals surface area (Å²) >= 11 is 2.75. The molecule has 0 unspecified atom stereocenters. The van der Waals surface area contributed by atoms with Crippen molar-refractivity contribution in [2.45, 2.75) is 11.6 Å². The van der Waals surface area contributed by atoms with Gasteiger partial charge in [-0.1, -0.05) is 11.8 Å². The number of thioether (sulfide) groups is 1. The molecule has 27 heavy (non-hydrogen) atoms. The van der Waals surface area contributed by atoms with Crippen LogP contribution in [0.5, 0.6) is 0 Å². The lowest BCUT2D eigenvalue weighted by molar-refractivity contribution is -0.120. The molecule has 3 aromatic rings. The minimum Gasteiger partial charge on any atom is -0.355 e. The topological polar surface area (TPSA) is 128 Å². The molecule has 12 heteroatoms. The van der Waals surface area contributed by atoms with Crippen molar-refractivity contribution < 1.29 is 9.59 Å². The second kappa shape index (κ2) is 9.19. The van der Waals surface area contributed by atoms with Crippen LogP contribution in [-0.4, -0.2) is 53.8 Å². The van der Waals surface area contributed by atoms with Gasteiger partial charge in [0.25, 0.3) is 5.91 Å². The van der Waals surface area contributed by atoms with Crippen LogP contribution in [0, 0.1) is 0 Å². The highest BCUT2D eigenvalue weighted by Gasteiger charge is 2.12. The number of aromatic nitrogens is 6. The van der Waals surface area contributed by atoms with Crippen molar-refractivity contribution in [3.05, 3.63) is 41.7 Å². The van der Waals surface area contributed by atoms with Gasteiger partial charge >= 0.3 is 0 Å². The lowest BCUT2D eigenvalue weighted by Gasteiger charge is -2.03. The summed E-state index contributed by atoms with van der Waals surface area (Å²) in [5, 5.41) is 16.1. The van der Waals surface area contributed by atoms with Crippen LogP contribution in [0.2, 0.25) is 0 Å². The number of hydrogen-bond acceptors (Lipinski definition) is 9. The van der Waals surface area contributed by atoms with Gasteiger partial charge in [0, 0.05) is 37.1 Å². The fourth-order valence-electron chi connectivity index (χ4n) is 1.98. The summed E-state index contributed by atoms with van der Waals surface area (Å²) < 4.78 is 1.82. The number of carbonyl (C=O) groups excluding carboxylic acids is 2. The van der Waals surface area contributed by atoms with Gasteiger partial charge in [-0.3, -0.25) is 14.9 Å². The minimum absolute atomic E-state index is 0.0624. The highest BCUT2D eigenvalue weighted by molar-refractivity contribution is 7.99. The minimum atomic E-state index is -0.443. The molecule has 0 aliphatic carbocycles. The standard InChI is InChI=1S/C15H16N8O2S2/c1-23-9-19-22-15(23)26-6-5-16-11(24)7-10-8-27-14(20-10)21-13(25)12-17-3-2-4-18-12/h2-4,8-9H,5-7H2,1H3,(H,16,24)(H,20,21,25). The van der Waals surface area contributed by atoms with Crippen LogP contribution in [0.3, 0.4) is 0 Å². The normalized spacial score (nSPS) is 10.6. The van der Waals surface area contributed by atoms with Crippen LogP contribution in [0.15, 0.2) is 35.3 Å². The third-order valence-electron chi connectivity index (χ3n) is 3.21. The predicted molar refractivity (Wildman–Crippen MR) is 101 cm³/mol. The molecule has 2 N–H and O–H groups in total. The molecule has 0 aliphatic heterocycles. The van der Waals surface area contributed by atoms with Crippen molar-refractivity contribution in [2.24, 2.45) is 7.05 Å². The molecule has 0 atom stereocenters. The highest BCUT2D eigenvalue weighted by atomic mass is 32.2. The number of anilines is 1. The first-order chi connectivity index (χ1) is 13.1. The second-order valence-electron chi connectivity index (χ2n) is 5.27. The number of carbonyl (C=O) groups is 2. The Morgan fingerprint density at radius 3 is 2.85 bits per heavy atom. The molecule has 3 aromatic heterocycles. The second-order valence-corrected chi connectivity index (χ2v) is 7.19. The highest BCUT2D eigenvalue weighted by Crippen LogP contribution is 2.16. The van der Waals surface area contributed by atoms with E-state index < -0.39 is 5.91 Å². The van der Waals surface area contributed by atoms with E-state index in [9.17, 15) is 9.59 Å². The molecule has 0 saturated heterocycles. The first-order valence-corrected chi connectivity index (χ1v) is 9.74. The summed E-state index contributed by atoms with van der Waals surface area (Å²) in [6, 6.07) is 1.63. The molecule has 0 spiro atoms. The number of rotatable bonds is 8. The van der Waals surface area contributed by atoms with E-state index in [0.717, 1.165) is 5.16 Å².